The van der Waals surface area contributed by atoms with Gasteiger partial charge in [-0.15, -0.1) is 5.10 Å². The second kappa shape index (κ2) is 4.47. The van der Waals surface area contributed by atoms with Gasteiger partial charge < -0.3 is 10.5 Å². The monoisotopic (exact) mass is 345 g/mol. The number of nitrogen functional groups attached to an aromatic ring is 1. The molecule has 6 heteroatoms. The van der Waals surface area contributed by atoms with Crippen molar-refractivity contribution in [3.8, 4) is 11.6 Å². The number of hydrogen-bond acceptors (Lipinski definition) is 3. The highest BCUT2D eigenvalue weighted by Gasteiger charge is 2.09. The van der Waals surface area contributed by atoms with E-state index < -0.39 is 0 Å². The van der Waals surface area contributed by atoms with E-state index in [1.54, 1.807) is 17.9 Å². The normalized spacial score (nSPS) is 10.4. The Hall–Kier alpha value is -1.01. The van der Waals surface area contributed by atoms with Crippen molar-refractivity contribution < 1.29 is 4.74 Å². The Morgan fingerprint density at radius 2 is 2.12 bits per heavy atom. The van der Waals surface area contributed by atoms with E-state index in [9.17, 15) is 0 Å². The van der Waals surface area contributed by atoms with Gasteiger partial charge in [-0.2, -0.15) is 0 Å². The third kappa shape index (κ3) is 2.38. The zero-order valence-electron chi connectivity index (χ0n) is 8.45. The summed E-state index contributed by atoms with van der Waals surface area (Å²) in [5.41, 5.74) is 6.25. The number of nitrogens with two attached hydrogens (primary N) is 1. The minimum atomic E-state index is 0.408. The minimum Gasteiger partial charge on any atom is -0.435 e. The lowest BCUT2D eigenvalue weighted by molar-refractivity contribution is 0.453. The minimum absolute atomic E-state index is 0.408. The van der Waals surface area contributed by atoms with Crippen molar-refractivity contribution in [3.05, 3.63) is 33.3 Å². The van der Waals surface area contributed by atoms with Gasteiger partial charge in [0.1, 0.15) is 11.4 Å². The molecule has 0 bridgehead atoms. The van der Waals surface area contributed by atoms with Crippen LogP contribution in [0.25, 0.3) is 0 Å². The SMILES string of the molecule is Cn1cc(N)c(Oc2ccc(Br)cc2Br)n1. The summed E-state index contributed by atoms with van der Waals surface area (Å²) in [5.74, 6) is 1.08. The zero-order chi connectivity index (χ0) is 11.7. The number of ether oxygens (including phenoxy) is 1. The summed E-state index contributed by atoms with van der Waals surface area (Å²) in [6.45, 7) is 0. The van der Waals surface area contributed by atoms with Crippen LogP contribution in [0, 0.1) is 0 Å². The van der Waals surface area contributed by atoms with Gasteiger partial charge in [0.05, 0.1) is 10.7 Å². The first-order valence-electron chi connectivity index (χ1n) is 4.48. The summed E-state index contributed by atoms with van der Waals surface area (Å²) in [5, 5.41) is 4.11. The first-order chi connectivity index (χ1) is 7.56. The van der Waals surface area contributed by atoms with Crippen LogP contribution in [0.1, 0.15) is 0 Å². The Labute approximate surface area is 110 Å². The number of halogens is 2. The lowest BCUT2D eigenvalue weighted by atomic mass is 10.3. The lowest BCUT2D eigenvalue weighted by Gasteiger charge is -2.05. The van der Waals surface area contributed by atoms with Gasteiger partial charge in [-0.25, -0.2) is 0 Å². The van der Waals surface area contributed by atoms with E-state index in [0.717, 1.165) is 8.95 Å². The van der Waals surface area contributed by atoms with Crippen molar-refractivity contribution >= 4 is 37.5 Å². The Kier molecular flexibility index (Phi) is 3.20. The van der Waals surface area contributed by atoms with Crippen LogP contribution >= 0.6 is 31.9 Å². The van der Waals surface area contributed by atoms with Crippen molar-refractivity contribution in [2.75, 3.05) is 5.73 Å². The average Bonchev–Trinajstić information content (AvgIpc) is 2.50. The molecule has 1 aromatic carbocycles. The topological polar surface area (TPSA) is 53.1 Å². The fraction of sp³-hybridized carbons (Fsp3) is 0.100. The lowest BCUT2D eigenvalue weighted by Crippen LogP contribution is -1.91. The maximum atomic E-state index is 5.74. The van der Waals surface area contributed by atoms with Crippen LogP contribution in [0.2, 0.25) is 0 Å². The van der Waals surface area contributed by atoms with Crippen molar-refractivity contribution in [3.63, 3.8) is 0 Å². The molecule has 2 rings (SSSR count). The highest BCUT2D eigenvalue weighted by Crippen LogP contribution is 2.33. The number of rotatable bonds is 2. The molecule has 0 aliphatic rings. The molecule has 0 saturated carbocycles. The van der Waals surface area contributed by atoms with Crippen LogP contribution in [0.5, 0.6) is 11.6 Å². The van der Waals surface area contributed by atoms with Gasteiger partial charge >= 0.3 is 0 Å². The van der Waals surface area contributed by atoms with Crippen molar-refractivity contribution in [2.24, 2.45) is 7.05 Å². The summed E-state index contributed by atoms with van der Waals surface area (Å²) >= 11 is 6.78. The smallest absolute Gasteiger partial charge is 0.261 e. The molecule has 2 aromatic rings. The quantitative estimate of drug-likeness (QED) is 0.907. The summed E-state index contributed by atoms with van der Waals surface area (Å²) in [7, 11) is 1.79. The summed E-state index contributed by atoms with van der Waals surface area (Å²) < 4.78 is 9.01. The maximum Gasteiger partial charge on any atom is 0.261 e. The third-order valence-corrected chi connectivity index (χ3v) is 3.03. The van der Waals surface area contributed by atoms with Crippen molar-refractivity contribution in [1.82, 2.24) is 9.78 Å². The summed E-state index contributed by atoms with van der Waals surface area (Å²) in [6.07, 6.45) is 1.70. The molecule has 0 aliphatic carbocycles. The van der Waals surface area contributed by atoms with Gasteiger partial charge in [-0.05, 0) is 34.1 Å². The number of anilines is 1. The van der Waals surface area contributed by atoms with Gasteiger partial charge in [-0.3, -0.25) is 4.68 Å². The molecule has 0 fully saturated rings. The molecule has 0 atom stereocenters. The molecular formula is C10H9Br2N3O. The highest BCUT2D eigenvalue weighted by atomic mass is 79.9. The molecule has 1 aromatic heterocycles. The molecule has 16 heavy (non-hydrogen) atoms. The van der Waals surface area contributed by atoms with Crippen LogP contribution in [-0.2, 0) is 7.05 Å². The standard InChI is InChI=1S/C10H9Br2N3O/c1-15-5-8(13)10(14-15)16-9-3-2-6(11)4-7(9)12/h2-5H,13H2,1H3. The molecule has 0 saturated heterocycles. The van der Waals surface area contributed by atoms with E-state index >= 15 is 0 Å². The summed E-state index contributed by atoms with van der Waals surface area (Å²) in [6, 6.07) is 5.62. The molecule has 1 heterocycles. The van der Waals surface area contributed by atoms with Crippen LogP contribution in [0.3, 0.4) is 0 Å². The Bertz CT molecular complexity index is 525. The van der Waals surface area contributed by atoms with E-state index in [0.29, 0.717) is 17.3 Å². The Balaban J connectivity index is 2.30. The molecule has 84 valence electrons. The second-order valence-electron chi connectivity index (χ2n) is 3.24. The van der Waals surface area contributed by atoms with E-state index in [4.69, 9.17) is 10.5 Å². The third-order valence-electron chi connectivity index (χ3n) is 1.92. The van der Waals surface area contributed by atoms with Crippen LogP contribution in [0.15, 0.2) is 33.3 Å². The van der Waals surface area contributed by atoms with E-state index in [1.165, 1.54) is 0 Å². The highest BCUT2D eigenvalue weighted by molar-refractivity contribution is 9.11. The van der Waals surface area contributed by atoms with Crippen molar-refractivity contribution in [2.45, 2.75) is 0 Å². The Morgan fingerprint density at radius 1 is 1.38 bits per heavy atom. The first kappa shape index (κ1) is 11.5. The Morgan fingerprint density at radius 3 is 2.69 bits per heavy atom. The predicted molar refractivity (Wildman–Crippen MR) is 69.5 cm³/mol. The van der Waals surface area contributed by atoms with Crippen molar-refractivity contribution in [1.29, 1.82) is 0 Å². The molecule has 0 aliphatic heterocycles. The van der Waals surface area contributed by atoms with Crippen LogP contribution < -0.4 is 10.5 Å². The molecule has 2 N–H and O–H groups in total. The molecular weight excluding hydrogens is 338 g/mol. The van der Waals surface area contributed by atoms with E-state index in [-0.39, 0.29) is 0 Å². The number of benzene rings is 1. The van der Waals surface area contributed by atoms with Gasteiger partial charge in [0, 0.05) is 11.5 Å². The molecule has 0 unspecified atom stereocenters. The second-order valence-corrected chi connectivity index (χ2v) is 5.01. The average molecular weight is 347 g/mol. The molecule has 4 nitrogen and oxygen atoms in total. The van der Waals surface area contributed by atoms with Gasteiger partial charge in [0.25, 0.3) is 5.88 Å². The first-order valence-corrected chi connectivity index (χ1v) is 6.07. The number of hydrogen-bond donors (Lipinski definition) is 1. The van der Waals surface area contributed by atoms with E-state index in [2.05, 4.69) is 37.0 Å². The van der Waals surface area contributed by atoms with Gasteiger partial charge in [0.15, 0.2) is 0 Å². The number of aromatic nitrogens is 2. The molecule has 0 radical (unpaired) electrons. The fourth-order valence-corrected chi connectivity index (χ4v) is 2.36. The van der Waals surface area contributed by atoms with Crippen LogP contribution in [-0.4, -0.2) is 9.78 Å². The largest absolute Gasteiger partial charge is 0.435 e. The maximum absolute atomic E-state index is 5.74. The fourth-order valence-electron chi connectivity index (χ4n) is 1.23. The predicted octanol–water partition coefficient (Wildman–Crippen LogP) is 3.32. The zero-order valence-corrected chi connectivity index (χ0v) is 11.6. The van der Waals surface area contributed by atoms with Crippen LogP contribution in [0.4, 0.5) is 5.69 Å². The van der Waals surface area contributed by atoms with Gasteiger partial charge in [-0.1, -0.05) is 15.9 Å². The summed E-state index contributed by atoms with van der Waals surface area (Å²) in [4.78, 5) is 0. The number of nitrogens with zero attached hydrogens (tertiary/aromatic N) is 2. The van der Waals surface area contributed by atoms with E-state index in [1.807, 2.05) is 18.2 Å². The van der Waals surface area contributed by atoms with Gasteiger partial charge in [0.2, 0.25) is 0 Å². The molecule has 0 spiro atoms. The number of aryl methyl sites for hydroxylation is 1. The molecule has 0 amide bonds.